The van der Waals surface area contributed by atoms with Gasteiger partial charge in [0, 0.05) is 13.3 Å². The Labute approximate surface area is 69.8 Å². The summed E-state index contributed by atoms with van der Waals surface area (Å²) in [4.78, 5) is 0. The van der Waals surface area contributed by atoms with Gasteiger partial charge in [0.1, 0.15) is 0 Å². The molecule has 0 bridgehead atoms. The Balaban J connectivity index is 3.09. The van der Waals surface area contributed by atoms with Gasteiger partial charge in [-0.05, 0) is 6.42 Å². The van der Waals surface area contributed by atoms with Gasteiger partial charge in [0.2, 0.25) is 0 Å². The molecule has 3 heteroatoms. The molecule has 0 unspecified atom stereocenters. The van der Waals surface area contributed by atoms with Crippen molar-refractivity contribution < 1.29 is 9.09 Å². The molecule has 0 saturated carbocycles. The number of unbranched alkanes of at least 4 members (excludes halogenated alkanes) is 3. The highest BCUT2D eigenvalue weighted by atomic mass is 31.2. The minimum atomic E-state index is -2.21. The quantitative estimate of drug-likeness (QED) is 0.461. The third-order valence-electron chi connectivity index (χ3n) is 1.40. The molecule has 0 aromatic heterocycles. The van der Waals surface area contributed by atoms with Crippen LogP contribution < -0.4 is 0 Å². The van der Waals surface area contributed by atoms with E-state index in [1.54, 1.807) is 13.3 Å². The smallest absolute Gasteiger partial charge is 0.197 e. The summed E-state index contributed by atoms with van der Waals surface area (Å²) in [5.74, 6) is 0. The van der Waals surface area contributed by atoms with Gasteiger partial charge in [-0.15, -0.1) is 0 Å². The molecule has 0 radical (unpaired) electrons. The van der Waals surface area contributed by atoms with Crippen LogP contribution in [-0.4, -0.2) is 19.9 Å². The van der Waals surface area contributed by atoms with Crippen LogP contribution in [0.5, 0.6) is 0 Å². The lowest BCUT2D eigenvalue weighted by molar-refractivity contribution is 0.309. The largest absolute Gasteiger partial charge is 0.329 e. The highest BCUT2D eigenvalue weighted by Gasteiger charge is 2.04. The standard InChI is InChI=1S/C8H19O2P/c1-4-5-6-7-8-10-11(2,3)9/h4-8H2,1-3H3. The van der Waals surface area contributed by atoms with Crippen molar-refractivity contribution in [1.82, 2.24) is 0 Å². The second-order valence-electron chi connectivity index (χ2n) is 3.15. The first-order valence-corrected chi connectivity index (χ1v) is 6.77. The Kier molecular flexibility index (Phi) is 5.89. The zero-order valence-electron chi connectivity index (χ0n) is 7.80. The van der Waals surface area contributed by atoms with E-state index in [0.717, 1.165) is 6.42 Å². The summed E-state index contributed by atoms with van der Waals surface area (Å²) >= 11 is 0. The van der Waals surface area contributed by atoms with Crippen LogP contribution in [0, 0.1) is 0 Å². The van der Waals surface area contributed by atoms with Gasteiger partial charge in [-0.1, -0.05) is 26.2 Å². The lowest BCUT2D eigenvalue weighted by atomic mass is 10.2. The maximum atomic E-state index is 11.0. The average Bonchev–Trinajstić information content (AvgIpc) is 1.85. The molecule has 0 aliphatic rings. The molecule has 0 aliphatic heterocycles. The topological polar surface area (TPSA) is 26.3 Å². The summed E-state index contributed by atoms with van der Waals surface area (Å²) in [5, 5.41) is 0. The van der Waals surface area contributed by atoms with Crippen LogP contribution in [0.1, 0.15) is 32.6 Å². The van der Waals surface area contributed by atoms with Crippen LogP contribution >= 0.6 is 7.37 Å². The fourth-order valence-corrected chi connectivity index (χ4v) is 1.38. The van der Waals surface area contributed by atoms with Crippen LogP contribution in [0.15, 0.2) is 0 Å². The van der Waals surface area contributed by atoms with Crippen molar-refractivity contribution in [3.63, 3.8) is 0 Å². The van der Waals surface area contributed by atoms with Gasteiger partial charge < -0.3 is 4.52 Å². The first-order valence-electron chi connectivity index (χ1n) is 4.26. The summed E-state index contributed by atoms with van der Waals surface area (Å²) in [6.45, 7) is 6.15. The van der Waals surface area contributed by atoms with E-state index in [1.165, 1.54) is 19.3 Å². The second kappa shape index (κ2) is 5.79. The molecule has 0 rings (SSSR count). The first-order chi connectivity index (χ1) is 5.06. The maximum Gasteiger partial charge on any atom is 0.197 e. The van der Waals surface area contributed by atoms with E-state index in [-0.39, 0.29) is 0 Å². The highest BCUT2D eigenvalue weighted by molar-refractivity contribution is 7.57. The fraction of sp³-hybridized carbons (Fsp3) is 1.00. The van der Waals surface area contributed by atoms with Gasteiger partial charge in [-0.2, -0.15) is 0 Å². The van der Waals surface area contributed by atoms with E-state index < -0.39 is 7.37 Å². The predicted molar refractivity (Wildman–Crippen MR) is 49.5 cm³/mol. The molecule has 0 atom stereocenters. The summed E-state index contributed by atoms with van der Waals surface area (Å²) in [7, 11) is -2.21. The van der Waals surface area contributed by atoms with Gasteiger partial charge in [0.25, 0.3) is 0 Å². The van der Waals surface area contributed by atoms with Crippen molar-refractivity contribution in [2.75, 3.05) is 19.9 Å². The zero-order chi connectivity index (χ0) is 8.74. The van der Waals surface area contributed by atoms with E-state index in [2.05, 4.69) is 6.92 Å². The Hall–Kier alpha value is 0.190. The van der Waals surface area contributed by atoms with Gasteiger partial charge in [0.05, 0.1) is 6.61 Å². The predicted octanol–water partition coefficient (Wildman–Crippen LogP) is 3.12. The van der Waals surface area contributed by atoms with Crippen LogP contribution in [-0.2, 0) is 9.09 Å². The summed E-state index contributed by atoms with van der Waals surface area (Å²) < 4.78 is 16.2. The molecule has 0 amide bonds. The van der Waals surface area contributed by atoms with Crippen molar-refractivity contribution in [3.8, 4) is 0 Å². The molecule has 0 aromatic carbocycles. The molecule has 0 saturated heterocycles. The van der Waals surface area contributed by atoms with Gasteiger partial charge in [0.15, 0.2) is 7.37 Å². The summed E-state index contributed by atoms with van der Waals surface area (Å²) in [5.41, 5.74) is 0. The third kappa shape index (κ3) is 10.2. The Bertz CT molecular complexity index is 128. The second-order valence-corrected chi connectivity index (χ2v) is 5.91. The van der Waals surface area contributed by atoms with E-state index in [0.29, 0.717) is 6.61 Å². The minimum Gasteiger partial charge on any atom is -0.329 e. The Morgan fingerprint density at radius 2 is 1.82 bits per heavy atom. The number of rotatable bonds is 6. The molecular weight excluding hydrogens is 159 g/mol. The molecule has 0 aromatic rings. The highest BCUT2D eigenvalue weighted by Crippen LogP contribution is 2.37. The number of hydrogen-bond donors (Lipinski definition) is 0. The van der Waals surface area contributed by atoms with E-state index in [9.17, 15) is 4.57 Å². The molecule has 68 valence electrons. The fourth-order valence-electron chi connectivity index (χ4n) is 0.813. The average molecular weight is 178 g/mol. The lowest BCUT2D eigenvalue weighted by Crippen LogP contribution is -1.90. The third-order valence-corrected chi connectivity index (χ3v) is 2.20. The van der Waals surface area contributed by atoms with E-state index >= 15 is 0 Å². The molecule has 0 spiro atoms. The monoisotopic (exact) mass is 178 g/mol. The van der Waals surface area contributed by atoms with Crippen LogP contribution in [0.2, 0.25) is 0 Å². The SMILES string of the molecule is CCCCCCOP(C)(C)=O. The molecule has 0 heterocycles. The molecule has 2 nitrogen and oxygen atoms in total. The first kappa shape index (κ1) is 11.2. The van der Waals surface area contributed by atoms with Crippen LogP contribution in [0.3, 0.4) is 0 Å². The van der Waals surface area contributed by atoms with E-state index in [4.69, 9.17) is 4.52 Å². The molecule has 0 N–H and O–H groups in total. The minimum absolute atomic E-state index is 0.657. The lowest BCUT2D eigenvalue weighted by Gasteiger charge is -2.07. The summed E-state index contributed by atoms with van der Waals surface area (Å²) in [6.07, 6.45) is 4.72. The van der Waals surface area contributed by atoms with E-state index in [1.807, 2.05) is 0 Å². The van der Waals surface area contributed by atoms with Crippen molar-refractivity contribution in [1.29, 1.82) is 0 Å². The molecule has 11 heavy (non-hydrogen) atoms. The van der Waals surface area contributed by atoms with Gasteiger partial charge in [-0.25, -0.2) is 0 Å². The Morgan fingerprint density at radius 3 is 2.27 bits per heavy atom. The van der Waals surface area contributed by atoms with Crippen molar-refractivity contribution >= 4 is 7.37 Å². The van der Waals surface area contributed by atoms with Gasteiger partial charge in [-0.3, -0.25) is 4.57 Å². The zero-order valence-corrected chi connectivity index (χ0v) is 8.69. The van der Waals surface area contributed by atoms with Crippen molar-refractivity contribution in [2.45, 2.75) is 32.6 Å². The van der Waals surface area contributed by atoms with Crippen LogP contribution in [0.25, 0.3) is 0 Å². The van der Waals surface area contributed by atoms with Crippen molar-refractivity contribution in [3.05, 3.63) is 0 Å². The molecule has 0 fully saturated rings. The normalized spacial score (nSPS) is 11.9. The molecule has 0 aliphatic carbocycles. The molecular formula is C8H19O2P. The Morgan fingerprint density at radius 1 is 1.18 bits per heavy atom. The maximum absolute atomic E-state index is 11.0. The van der Waals surface area contributed by atoms with Gasteiger partial charge >= 0.3 is 0 Å². The summed E-state index contributed by atoms with van der Waals surface area (Å²) in [6, 6.07) is 0. The number of hydrogen-bond acceptors (Lipinski definition) is 2. The van der Waals surface area contributed by atoms with Crippen LogP contribution in [0.4, 0.5) is 0 Å². The van der Waals surface area contributed by atoms with Crippen molar-refractivity contribution in [2.24, 2.45) is 0 Å².